The van der Waals surface area contributed by atoms with Gasteiger partial charge in [-0.2, -0.15) is 0 Å². The molecule has 0 bridgehead atoms. The maximum absolute atomic E-state index is 4.43. The number of likely N-dealkylation sites (N-methyl/N-ethyl adjacent to an activating group) is 1. The Kier molecular flexibility index (Phi) is 6.32. The smallest absolute Gasteiger partial charge is 0.147 e. The molecule has 0 spiro atoms. The second-order valence-corrected chi connectivity index (χ2v) is 4.04. The first-order chi connectivity index (χ1) is 8.26. The zero-order valence-electron chi connectivity index (χ0n) is 11.0. The quantitative estimate of drug-likeness (QED) is 0.720. The molecule has 1 aromatic heterocycles. The van der Waals surface area contributed by atoms with E-state index in [-0.39, 0.29) is 0 Å². The molecule has 0 aliphatic rings. The van der Waals surface area contributed by atoms with Crippen molar-refractivity contribution in [2.24, 2.45) is 0 Å². The van der Waals surface area contributed by atoms with Crippen LogP contribution in [0.3, 0.4) is 0 Å². The molecular weight excluding hydrogens is 214 g/mol. The molecule has 0 fully saturated rings. The Morgan fingerprint density at radius 3 is 2.35 bits per heavy atom. The Morgan fingerprint density at radius 1 is 1.12 bits per heavy atom. The average Bonchev–Trinajstić information content (AvgIpc) is 2.36. The highest BCUT2D eigenvalue weighted by molar-refractivity contribution is 5.41. The van der Waals surface area contributed by atoms with Crippen molar-refractivity contribution in [3.8, 4) is 0 Å². The van der Waals surface area contributed by atoms with Crippen LogP contribution in [0.25, 0.3) is 0 Å². The number of hydrogen-bond donors (Lipinski definition) is 2. The van der Waals surface area contributed by atoms with E-state index in [1.807, 2.05) is 0 Å². The van der Waals surface area contributed by atoms with Gasteiger partial charge in [-0.3, -0.25) is 4.98 Å². The molecule has 1 aromatic rings. The molecule has 0 saturated carbocycles. The molecule has 0 atom stereocenters. The molecule has 0 unspecified atom stereocenters. The second kappa shape index (κ2) is 7.84. The lowest BCUT2D eigenvalue weighted by molar-refractivity contribution is 0.367. The van der Waals surface area contributed by atoms with Crippen molar-refractivity contribution in [2.75, 3.05) is 43.9 Å². The van der Waals surface area contributed by atoms with Gasteiger partial charge in [0.15, 0.2) is 0 Å². The Balaban J connectivity index is 2.37. The van der Waals surface area contributed by atoms with Gasteiger partial charge in [-0.25, -0.2) is 4.98 Å². The van der Waals surface area contributed by atoms with Gasteiger partial charge in [0.1, 0.15) is 11.6 Å². The molecule has 5 heteroatoms. The zero-order valence-corrected chi connectivity index (χ0v) is 11.0. The summed E-state index contributed by atoms with van der Waals surface area (Å²) in [5.41, 5.74) is 0. The summed E-state index contributed by atoms with van der Waals surface area (Å²) in [5, 5.41) is 6.49. The Hall–Kier alpha value is -1.36. The van der Waals surface area contributed by atoms with Crippen LogP contribution in [0.4, 0.5) is 11.6 Å². The summed E-state index contributed by atoms with van der Waals surface area (Å²) in [5.74, 6) is 1.66. The lowest BCUT2D eigenvalue weighted by Gasteiger charge is -2.14. The lowest BCUT2D eigenvalue weighted by Crippen LogP contribution is -2.25. The Morgan fingerprint density at radius 2 is 1.76 bits per heavy atom. The van der Waals surface area contributed by atoms with Gasteiger partial charge in [-0.15, -0.1) is 0 Å². The van der Waals surface area contributed by atoms with Crippen LogP contribution in [0.5, 0.6) is 0 Å². The Bertz CT molecular complexity index is 316. The van der Waals surface area contributed by atoms with Crippen molar-refractivity contribution in [2.45, 2.75) is 20.3 Å². The molecule has 0 radical (unpaired) electrons. The number of anilines is 2. The fraction of sp³-hybridized carbons (Fsp3) is 0.667. The van der Waals surface area contributed by atoms with Gasteiger partial charge in [0.05, 0.1) is 12.4 Å². The number of nitrogens with zero attached hydrogens (tertiary/aromatic N) is 3. The summed E-state index contributed by atoms with van der Waals surface area (Å²) in [6.45, 7) is 8.15. The van der Waals surface area contributed by atoms with E-state index in [1.165, 1.54) is 0 Å². The van der Waals surface area contributed by atoms with Crippen LogP contribution in [-0.4, -0.2) is 48.1 Å². The van der Waals surface area contributed by atoms with Crippen molar-refractivity contribution in [3.05, 3.63) is 12.4 Å². The molecule has 17 heavy (non-hydrogen) atoms. The molecule has 2 N–H and O–H groups in total. The monoisotopic (exact) mass is 237 g/mol. The topological polar surface area (TPSA) is 53.1 Å². The van der Waals surface area contributed by atoms with Crippen molar-refractivity contribution < 1.29 is 0 Å². The molecule has 0 aliphatic carbocycles. The molecule has 5 nitrogen and oxygen atoms in total. The van der Waals surface area contributed by atoms with Crippen LogP contribution in [0.15, 0.2) is 12.4 Å². The van der Waals surface area contributed by atoms with Crippen molar-refractivity contribution in [1.29, 1.82) is 0 Å². The van der Waals surface area contributed by atoms with Gasteiger partial charge in [-0.05, 0) is 20.0 Å². The maximum atomic E-state index is 4.43. The van der Waals surface area contributed by atoms with Gasteiger partial charge < -0.3 is 15.5 Å². The van der Waals surface area contributed by atoms with E-state index in [0.29, 0.717) is 0 Å². The summed E-state index contributed by atoms with van der Waals surface area (Å²) in [4.78, 5) is 10.8. The molecule has 0 saturated heterocycles. The highest BCUT2D eigenvalue weighted by Gasteiger charge is 1.98. The number of nitrogens with one attached hydrogen (secondary N) is 2. The minimum atomic E-state index is 0.829. The van der Waals surface area contributed by atoms with Crippen molar-refractivity contribution in [1.82, 2.24) is 14.9 Å². The molecular formula is C12H23N5. The van der Waals surface area contributed by atoms with Crippen LogP contribution >= 0.6 is 0 Å². The second-order valence-electron chi connectivity index (χ2n) is 4.04. The molecule has 0 aliphatic heterocycles. The summed E-state index contributed by atoms with van der Waals surface area (Å²) in [6, 6.07) is 0. The fourth-order valence-corrected chi connectivity index (χ4v) is 1.32. The first-order valence-electron chi connectivity index (χ1n) is 6.24. The minimum Gasteiger partial charge on any atom is -0.369 e. The maximum Gasteiger partial charge on any atom is 0.147 e. The molecule has 1 heterocycles. The largest absolute Gasteiger partial charge is 0.369 e. The van der Waals surface area contributed by atoms with Crippen LogP contribution in [0.2, 0.25) is 0 Å². The highest BCUT2D eigenvalue weighted by atomic mass is 15.1. The van der Waals surface area contributed by atoms with Gasteiger partial charge >= 0.3 is 0 Å². The van der Waals surface area contributed by atoms with Crippen LogP contribution in [0, 0.1) is 0 Å². The van der Waals surface area contributed by atoms with Gasteiger partial charge in [-0.1, -0.05) is 13.8 Å². The third-order valence-corrected chi connectivity index (χ3v) is 2.53. The van der Waals surface area contributed by atoms with E-state index in [9.17, 15) is 0 Å². The standard InChI is InChI=1S/C12H23N5/c1-4-6-14-11-9-13-10-12(16-11)15-7-8-17(3)5-2/h9-10H,4-8H2,1-3H3,(H2,14,15,16). The van der Waals surface area contributed by atoms with Gasteiger partial charge in [0.25, 0.3) is 0 Å². The molecule has 0 aromatic carbocycles. The van der Waals surface area contributed by atoms with Crippen LogP contribution in [0.1, 0.15) is 20.3 Å². The predicted octanol–water partition coefficient (Wildman–Crippen LogP) is 1.66. The van der Waals surface area contributed by atoms with E-state index in [4.69, 9.17) is 0 Å². The number of hydrogen-bond acceptors (Lipinski definition) is 5. The summed E-state index contributed by atoms with van der Waals surface area (Å²) >= 11 is 0. The van der Waals surface area contributed by atoms with Gasteiger partial charge in [0.2, 0.25) is 0 Å². The number of rotatable bonds is 8. The first-order valence-corrected chi connectivity index (χ1v) is 6.24. The van der Waals surface area contributed by atoms with Gasteiger partial charge in [0, 0.05) is 19.6 Å². The summed E-state index contributed by atoms with van der Waals surface area (Å²) < 4.78 is 0. The minimum absolute atomic E-state index is 0.829. The lowest BCUT2D eigenvalue weighted by atomic mass is 10.5. The Labute approximate surface area is 104 Å². The molecule has 0 amide bonds. The van der Waals surface area contributed by atoms with E-state index < -0.39 is 0 Å². The molecule has 96 valence electrons. The summed E-state index contributed by atoms with van der Waals surface area (Å²) in [7, 11) is 2.10. The number of aromatic nitrogens is 2. The normalized spacial score (nSPS) is 10.6. The highest BCUT2D eigenvalue weighted by Crippen LogP contribution is 2.06. The first kappa shape index (κ1) is 13.7. The van der Waals surface area contributed by atoms with E-state index in [0.717, 1.165) is 44.2 Å². The average molecular weight is 237 g/mol. The third kappa shape index (κ3) is 5.49. The predicted molar refractivity (Wildman–Crippen MR) is 72.5 cm³/mol. The van der Waals surface area contributed by atoms with Crippen molar-refractivity contribution in [3.63, 3.8) is 0 Å². The molecule has 1 rings (SSSR count). The zero-order chi connectivity index (χ0) is 12.5. The van der Waals surface area contributed by atoms with Crippen LogP contribution in [-0.2, 0) is 0 Å². The van der Waals surface area contributed by atoms with E-state index in [2.05, 4.69) is 46.4 Å². The SMILES string of the molecule is CCCNc1cncc(NCCN(C)CC)n1. The van der Waals surface area contributed by atoms with Crippen molar-refractivity contribution >= 4 is 11.6 Å². The third-order valence-electron chi connectivity index (χ3n) is 2.53. The van der Waals surface area contributed by atoms with E-state index in [1.54, 1.807) is 12.4 Å². The fourth-order valence-electron chi connectivity index (χ4n) is 1.32. The van der Waals surface area contributed by atoms with Crippen LogP contribution < -0.4 is 10.6 Å². The van der Waals surface area contributed by atoms with E-state index >= 15 is 0 Å². The summed E-state index contributed by atoms with van der Waals surface area (Å²) in [6.07, 6.45) is 4.59.